The lowest BCUT2D eigenvalue weighted by Crippen LogP contribution is -2.22. The number of alkyl halides is 1. The Balaban J connectivity index is 1.46. The number of nitrogens with zero attached hydrogens (tertiary/aromatic N) is 4. The average molecular weight is 461 g/mol. The minimum atomic E-state index is -1.34. The van der Waals surface area contributed by atoms with Crippen molar-refractivity contribution in [2.45, 2.75) is 45.1 Å². The summed E-state index contributed by atoms with van der Waals surface area (Å²) in [6.45, 7) is 4.72. The molecule has 1 aliphatic heterocycles. The highest BCUT2D eigenvalue weighted by Gasteiger charge is 2.38. The van der Waals surface area contributed by atoms with Crippen LogP contribution < -0.4 is 9.64 Å². The number of rotatable bonds is 4. The Morgan fingerprint density at radius 3 is 2.56 bits per heavy atom. The summed E-state index contributed by atoms with van der Waals surface area (Å²) in [4.78, 5) is 2.02. The standard InChI is InChI=1S/C23H23ClF2N4O2/c1-12-27-28-13(2)30(12)15-3-4-22(19(25)9-15)32-23-18-7-14(24)8-21(17(18)10-20(23)26)29-6-5-16(31)11-29/h3-4,7-9,16,20,23,31H,5-6,10-11H2,1-2H3/t16-,20+,23+/m1/s1. The lowest BCUT2D eigenvalue weighted by molar-refractivity contribution is 0.110. The van der Waals surface area contributed by atoms with E-state index in [-0.39, 0.29) is 12.2 Å². The van der Waals surface area contributed by atoms with Crippen LogP contribution in [0.4, 0.5) is 14.5 Å². The molecule has 1 saturated heterocycles. The Morgan fingerprint density at radius 1 is 1.16 bits per heavy atom. The molecule has 0 bridgehead atoms. The maximum absolute atomic E-state index is 15.1. The molecule has 1 fully saturated rings. The number of fused-ring (bicyclic) bond motifs is 1. The molecule has 1 aromatic heterocycles. The van der Waals surface area contributed by atoms with Crippen LogP contribution in [0.5, 0.6) is 5.75 Å². The van der Waals surface area contributed by atoms with Crippen molar-refractivity contribution in [2.75, 3.05) is 18.0 Å². The zero-order chi connectivity index (χ0) is 22.6. The fourth-order valence-corrected chi connectivity index (χ4v) is 4.92. The second kappa shape index (κ2) is 8.01. The smallest absolute Gasteiger partial charge is 0.167 e. The van der Waals surface area contributed by atoms with Crippen LogP contribution in [0.1, 0.15) is 35.3 Å². The van der Waals surface area contributed by atoms with Crippen molar-refractivity contribution >= 4 is 17.3 Å². The molecule has 32 heavy (non-hydrogen) atoms. The van der Waals surface area contributed by atoms with Gasteiger partial charge in [0.05, 0.1) is 11.8 Å². The van der Waals surface area contributed by atoms with Crippen LogP contribution >= 0.6 is 11.6 Å². The minimum absolute atomic E-state index is 0.0317. The second-order valence-electron chi connectivity index (χ2n) is 8.38. The van der Waals surface area contributed by atoms with Gasteiger partial charge in [0.1, 0.15) is 17.8 Å². The average Bonchev–Trinajstić information content (AvgIpc) is 3.41. The summed E-state index contributed by atoms with van der Waals surface area (Å²) in [5, 5.41) is 18.4. The van der Waals surface area contributed by atoms with E-state index in [1.807, 2.05) is 4.90 Å². The first-order chi connectivity index (χ1) is 15.3. The molecular weight excluding hydrogens is 438 g/mol. The Morgan fingerprint density at radius 2 is 1.91 bits per heavy atom. The van der Waals surface area contributed by atoms with Crippen molar-refractivity contribution in [1.82, 2.24) is 14.8 Å². The largest absolute Gasteiger partial charge is 0.480 e. The van der Waals surface area contributed by atoms with Crippen LogP contribution in [0, 0.1) is 19.7 Å². The normalized spacial score (nSPS) is 22.4. The molecule has 9 heteroatoms. The number of hydrogen-bond donors (Lipinski definition) is 1. The highest BCUT2D eigenvalue weighted by atomic mass is 35.5. The lowest BCUT2D eigenvalue weighted by Gasteiger charge is -2.22. The number of ether oxygens (including phenoxy) is 1. The van der Waals surface area contributed by atoms with E-state index >= 15 is 4.39 Å². The van der Waals surface area contributed by atoms with E-state index in [2.05, 4.69) is 10.2 Å². The molecule has 6 nitrogen and oxygen atoms in total. The van der Waals surface area contributed by atoms with Gasteiger partial charge in [0.2, 0.25) is 0 Å². The summed E-state index contributed by atoms with van der Waals surface area (Å²) in [7, 11) is 0. The Labute approximate surface area is 189 Å². The summed E-state index contributed by atoms with van der Waals surface area (Å²) in [5.74, 6) is 0.646. The maximum atomic E-state index is 15.1. The Hall–Kier alpha value is -2.71. The van der Waals surface area contributed by atoms with E-state index in [0.717, 1.165) is 11.3 Å². The van der Waals surface area contributed by atoms with E-state index in [1.165, 1.54) is 12.1 Å². The number of aliphatic hydroxyl groups excluding tert-OH is 1. The molecule has 2 heterocycles. The van der Waals surface area contributed by atoms with Gasteiger partial charge in [-0.15, -0.1) is 10.2 Å². The molecule has 5 rings (SSSR count). The van der Waals surface area contributed by atoms with Crippen LogP contribution in [0.3, 0.4) is 0 Å². The van der Waals surface area contributed by atoms with E-state index < -0.39 is 24.2 Å². The summed E-state index contributed by atoms with van der Waals surface area (Å²) in [6.07, 6.45) is -1.91. The van der Waals surface area contributed by atoms with Crippen molar-refractivity contribution < 1.29 is 18.6 Å². The number of aryl methyl sites for hydroxylation is 2. The molecule has 3 atom stereocenters. The molecule has 1 aliphatic carbocycles. The minimum Gasteiger partial charge on any atom is -0.480 e. The van der Waals surface area contributed by atoms with Crippen molar-refractivity contribution in [3.63, 3.8) is 0 Å². The first kappa shape index (κ1) is 21.2. The third-order valence-corrected chi connectivity index (χ3v) is 6.40. The lowest BCUT2D eigenvalue weighted by atomic mass is 10.1. The Bertz CT molecular complexity index is 1170. The second-order valence-corrected chi connectivity index (χ2v) is 8.82. The number of β-amino-alcohol motifs (C(OH)–C–C–N with tert-alkyl or cyclic N) is 1. The predicted octanol–water partition coefficient (Wildman–Crippen LogP) is 4.26. The van der Waals surface area contributed by atoms with Crippen LogP contribution in [-0.4, -0.2) is 45.2 Å². The van der Waals surface area contributed by atoms with Crippen LogP contribution in [0.15, 0.2) is 30.3 Å². The molecule has 0 unspecified atom stereocenters. The van der Waals surface area contributed by atoms with Gasteiger partial charge in [-0.05, 0) is 50.1 Å². The fraction of sp³-hybridized carbons (Fsp3) is 0.391. The van der Waals surface area contributed by atoms with E-state index in [0.29, 0.717) is 47.4 Å². The molecule has 168 valence electrons. The highest BCUT2D eigenvalue weighted by Crippen LogP contribution is 2.44. The van der Waals surface area contributed by atoms with E-state index in [1.54, 1.807) is 36.6 Å². The molecule has 0 amide bonds. The predicted molar refractivity (Wildman–Crippen MR) is 117 cm³/mol. The summed E-state index contributed by atoms with van der Waals surface area (Å²) in [6, 6.07) is 8.01. The van der Waals surface area contributed by atoms with Crippen molar-refractivity contribution in [3.05, 3.63) is 63.9 Å². The van der Waals surface area contributed by atoms with Gasteiger partial charge in [-0.3, -0.25) is 4.57 Å². The molecular formula is C23H23ClF2N4O2. The summed E-state index contributed by atoms with van der Waals surface area (Å²) in [5.41, 5.74) is 2.80. The first-order valence-corrected chi connectivity index (χ1v) is 10.9. The number of hydrogen-bond acceptors (Lipinski definition) is 5. The number of anilines is 1. The SMILES string of the molecule is Cc1nnc(C)n1-c1ccc(O[C@H]2c3cc(Cl)cc(N4CC[C@@H](O)C4)c3C[C@@H]2F)c(F)c1. The number of halogens is 3. The molecule has 0 spiro atoms. The first-order valence-electron chi connectivity index (χ1n) is 10.6. The monoisotopic (exact) mass is 460 g/mol. The Kier molecular flexibility index (Phi) is 5.29. The van der Waals surface area contributed by atoms with E-state index in [4.69, 9.17) is 16.3 Å². The molecule has 2 aliphatic rings. The van der Waals surface area contributed by atoms with Gasteiger partial charge < -0.3 is 14.7 Å². The van der Waals surface area contributed by atoms with E-state index in [9.17, 15) is 9.50 Å². The zero-order valence-corrected chi connectivity index (χ0v) is 18.5. The van der Waals surface area contributed by atoms with Gasteiger partial charge in [-0.2, -0.15) is 0 Å². The molecule has 3 aromatic rings. The van der Waals surface area contributed by atoms with Gasteiger partial charge in [-0.1, -0.05) is 11.6 Å². The maximum Gasteiger partial charge on any atom is 0.167 e. The van der Waals surface area contributed by atoms with Crippen LogP contribution in [-0.2, 0) is 6.42 Å². The molecule has 2 aromatic carbocycles. The zero-order valence-electron chi connectivity index (χ0n) is 17.7. The van der Waals surface area contributed by atoms with Crippen molar-refractivity contribution in [2.24, 2.45) is 0 Å². The van der Waals surface area contributed by atoms with Gasteiger partial charge in [0.15, 0.2) is 17.7 Å². The number of aliphatic hydroxyl groups is 1. The topological polar surface area (TPSA) is 63.4 Å². The number of benzene rings is 2. The number of aromatic nitrogens is 3. The van der Waals surface area contributed by atoms with Crippen LogP contribution in [0.2, 0.25) is 5.02 Å². The van der Waals surface area contributed by atoms with Gasteiger partial charge in [0, 0.05) is 41.9 Å². The third-order valence-electron chi connectivity index (χ3n) is 6.18. The van der Waals surface area contributed by atoms with Gasteiger partial charge >= 0.3 is 0 Å². The van der Waals surface area contributed by atoms with Gasteiger partial charge in [-0.25, -0.2) is 8.78 Å². The van der Waals surface area contributed by atoms with Crippen molar-refractivity contribution in [1.29, 1.82) is 0 Å². The van der Waals surface area contributed by atoms with Gasteiger partial charge in [0.25, 0.3) is 0 Å². The third kappa shape index (κ3) is 3.61. The van der Waals surface area contributed by atoms with Crippen LogP contribution in [0.25, 0.3) is 5.69 Å². The van der Waals surface area contributed by atoms with Crippen molar-refractivity contribution in [3.8, 4) is 11.4 Å². The quantitative estimate of drug-likeness (QED) is 0.630. The highest BCUT2D eigenvalue weighted by molar-refractivity contribution is 6.31. The fourth-order valence-electron chi connectivity index (χ4n) is 4.70. The summed E-state index contributed by atoms with van der Waals surface area (Å²) >= 11 is 6.34. The molecule has 0 radical (unpaired) electrons. The summed E-state index contributed by atoms with van der Waals surface area (Å²) < 4.78 is 37.6. The molecule has 1 N–H and O–H groups in total. The molecule has 0 saturated carbocycles.